The maximum atomic E-state index is 5.29. The smallest absolute Gasteiger partial charge is 0.211 e. The molecule has 0 amide bonds. The summed E-state index contributed by atoms with van der Waals surface area (Å²) in [5.74, 6) is 0. The first-order valence-electron chi connectivity index (χ1n) is 28.6. The number of hydrogen-bond donors (Lipinski definition) is 0. The van der Waals surface area contributed by atoms with Crippen LogP contribution in [0.4, 0.5) is 0 Å². The highest BCUT2D eigenvalue weighted by atomic mass is 14.9. The number of rotatable bonds is 2. The Bertz CT molecular complexity index is 4790. The number of aromatic nitrogens is 4. The summed E-state index contributed by atoms with van der Waals surface area (Å²) < 4.78 is 2.27. The van der Waals surface area contributed by atoms with E-state index in [0.717, 1.165) is 145 Å². The van der Waals surface area contributed by atoms with Gasteiger partial charge in [0.2, 0.25) is 5.69 Å². The zero-order valence-electron chi connectivity index (χ0n) is 45.7. The summed E-state index contributed by atoms with van der Waals surface area (Å²) in [5, 5.41) is 4.42. The summed E-state index contributed by atoms with van der Waals surface area (Å²) >= 11 is 0. The minimum atomic E-state index is 0.896. The van der Waals surface area contributed by atoms with Gasteiger partial charge in [-0.05, 0) is 132 Å². The van der Waals surface area contributed by atoms with Crippen molar-refractivity contribution in [1.29, 1.82) is 0 Å². The largest absolute Gasteiger partial charge is 0.256 e. The van der Waals surface area contributed by atoms with Crippen LogP contribution in [0.5, 0.6) is 0 Å². The number of pyridine rings is 4. The van der Waals surface area contributed by atoms with Gasteiger partial charge in [0.15, 0.2) is 12.4 Å². The lowest BCUT2D eigenvalue weighted by molar-refractivity contribution is -0.594. The van der Waals surface area contributed by atoms with Gasteiger partial charge in [0.1, 0.15) is 0 Å². The topological polar surface area (TPSA) is 42.5 Å². The van der Waals surface area contributed by atoms with Crippen LogP contribution in [0.25, 0.3) is 161 Å². The third-order valence-electron chi connectivity index (χ3n) is 16.7. The Hall–Kier alpha value is -11.2. The van der Waals surface area contributed by atoms with Crippen LogP contribution in [-0.2, 0) is 0 Å². The maximum absolute atomic E-state index is 5.29. The fourth-order valence-corrected chi connectivity index (χ4v) is 12.1. The van der Waals surface area contributed by atoms with E-state index in [1.807, 2.05) is 6.20 Å². The highest BCUT2D eigenvalue weighted by molar-refractivity contribution is 6.04. The van der Waals surface area contributed by atoms with Crippen molar-refractivity contribution in [1.82, 2.24) is 15.0 Å². The van der Waals surface area contributed by atoms with Gasteiger partial charge in [-0.1, -0.05) is 231 Å². The summed E-state index contributed by atoms with van der Waals surface area (Å²) in [6.45, 7) is 0. The molecule has 0 radical (unpaired) electrons. The number of nitrogens with zero attached hydrogens (tertiary/aromatic N) is 4. The second-order valence-corrected chi connectivity index (χ2v) is 21.9. The van der Waals surface area contributed by atoms with Crippen LogP contribution >= 0.6 is 0 Å². The molecule has 0 saturated carbocycles. The molecule has 7 aliphatic heterocycles. The molecule has 4 aromatic heterocycles. The minimum absolute atomic E-state index is 0.896. The van der Waals surface area contributed by atoms with Crippen molar-refractivity contribution in [2.75, 3.05) is 0 Å². The molecule has 84 heavy (non-hydrogen) atoms. The van der Waals surface area contributed by atoms with Gasteiger partial charge in [0.25, 0.3) is 0 Å². The first-order chi connectivity index (χ1) is 41.5. The Balaban J connectivity index is 0.809. The summed E-state index contributed by atoms with van der Waals surface area (Å²) in [6, 6.07) is 106. The van der Waals surface area contributed by atoms with Crippen LogP contribution in [-0.4, -0.2) is 15.0 Å². The van der Waals surface area contributed by atoms with E-state index in [9.17, 15) is 0 Å². The molecule has 11 heterocycles. The van der Waals surface area contributed by atoms with E-state index >= 15 is 0 Å². The van der Waals surface area contributed by atoms with Gasteiger partial charge in [0, 0.05) is 62.3 Å². The molecule has 22 rings (SSSR count). The van der Waals surface area contributed by atoms with E-state index in [-0.39, 0.29) is 0 Å². The van der Waals surface area contributed by atoms with E-state index in [2.05, 4.69) is 308 Å². The summed E-state index contributed by atoms with van der Waals surface area (Å²) in [5.41, 5.74) is 27.2. The van der Waals surface area contributed by atoms with Crippen LogP contribution in [0.15, 0.2) is 310 Å². The molecule has 0 fully saturated rings. The van der Waals surface area contributed by atoms with Crippen LogP contribution in [0.2, 0.25) is 0 Å². The number of hydrogen-bond acceptors (Lipinski definition) is 3. The fourth-order valence-electron chi connectivity index (χ4n) is 12.1. The Labute approximate surface area is 487 Å². The number of fused-ring (bicyclic) bond motifs is 1. The van der Waals surface area contributed by atoms with Crippen LogP contribution in [0.1, 0.15) is 0 Å². The fraction of sp³-hybridized carbons (Fsp3) is 0. The first kappa shape index (κ1) is 48.7. The molecule has 11 aromatic carbocycles. The van der Waals surface area contributed by atoms with Gasteiger partial charge >= 0.3 is 0 Å². The lowest BCUT2D eigenvalue weighted by atomic mass is 9.94. The molecule has 15 aromatic rings. The van der Waals surface area contributed by atoms with E-state index < -0.39 is 0 Å². The third-order valence-corrected chi connectivity index (χ3v) is 16.7. The van der Waals surface area contributed by atoms with Gasteiger partial charge in [0.05, 0.1) is 28.1 Å². The van der Waals surface area contributed by atoms with Crippen molar-refractivity contribution in [3.8, 4) is 128 Å². The second-order valence-electron chi connectivity index (χ2n) is 21.9. The quantitative estimate of drug-likeness (QED) is 0.128. The van der Waals surface area contributed by atoms with Crippen molar-refractivity contribution in [2.24, 2.45) is 0 Å². The molecule has 0 N–H and O–H groups in total. The van der Waals surface area contributed by atoms with Crippen molar-refractivity contribution < 1.29 is 4.57 Å². The van der Waals surface area contributed by atoms with Crippen molar-refractivity contribution in [2.45, 2.75) is 0 Å². The van der Waals surface area contributed by atoms with Crippen LogP contribution < -0.4 is 4.57 Å². The number of benzene rings is 11. The average molecular weight is 1070 g/mol. The van der Waals surface area contributed by atoms with E-state index in [4.69, 9.17) is 15.0 Å². The highest BCUT2D eigenvalue weighted by Crippen LogP contribution is 2.37. The molecule has 390 valence electrons. The molecule has 0 atom stereocenters. The van der Waals surface area contributed by atoms with Crippen LogP contribution in [0, 0.1) is 0 Å². The van der Waals surface area contributed by atoms with E-state index in [1.54, 1.807) is 0 Å². The van der Waals surface area contributed by atoms with E-state index in [1.165, 1.54) is 16.5 Å². The van der Waals surface area contributed by atoms with Crippen molar-refractivity contribution in [3.63, 3.8) is 0 Å². The SMILES string of the molecule is c1cc2cc(c1)-c1ccc(cc1)-c1ccc3ccc4ccc(nc4c3n1)-c1ccc(cc1)-c1cccc(c1)-c1ccc(cc1)-c1cccc(c1)-c1cc(c[n+](-c3cccc(-c4cc5ccccc5cn4)c3)c1)-c1cccc(c1)-c1ccc-2cc1. The Morgan fingerprint density at radius 3 is 0.952 bits per heavy atom. The highest BCUT2D eigenvalue weighted by Gasteiger charge is 2.18. The maximum Gasteiger partial charge on any atom is 0.211 e. The molecule has 0 unspecified atom stereocenters. The predicted octanol–water partition coefficient (Wildman–Crippen LogP) is 20.3. The summed E-state index contributed by atoms with van der Waals surface area (Å²) in [4.78, 5) is 15.5. The molecular formula is C80H51N4+. The third kappa shape index (κ3) is 9.18. The van der Waals surface area contributed by atoms with Gasteiger partial charge in [-0.2, -0.15) is 4.57 Å². The second kappa shape index (κ2) is 20.4. The lowest BCUT2D eigenvalue weighted by Gasteiger charge is -2.11. The molecule has 0 spiro atoms. The Kier molecular flexibility index (Phi) is 11.8. The lowest BCUT2D eigenvalue weighted by Crippen LogP contribution is -2.30. The van der Waals surface area contributed by atoms with Crippen LogP contribution in [0.3, 0.4) is 0 Å². The molecule has 4 nitrogen and oxygen atoms in total. The zero-order chi connectivity index (χ0) is 55.5. The van der Waals surface area contributed by atoms with Gasteiger partial charge < -0.3 is 0 Å². The average Bonchev–Trinajstić information content (AvgIpc) is 3.06. The standard InChI is InChI=1S/C80H51N4/c1-2-9-72-49-81-78(48-70(72)8-1)71-18-7-19-75(47-71)84-50-73-46-74(51-84)69-17-6-15-67(45-69)55-26-22-53(23-27-55)63-11-4-13-65(43-63)57-30-34-59(35-31-57)77-41-39-61-37-36-60-38-40-76(82-79(60)80(61)83-77)58-32-28-56(29-33-58)64-12-3-10-62(42-64)52-20-24-54(25-21-52)66-14-5-16-68(73)44-66/h1-51H/q+1. The van der Waals surface area contributed by atoms with E-state index in [0.29, 0.717) is 0 Å². The first-order valence-corrected chi connectivity index (χ1v) is 28.6. The molecule has 7 aliphatic rings. The predicted molar refractivity (Wildman–Crippen MR) is 347 cm³/mol. The molecular weight excluding hydrogens is 1020 g/mol. The molecule has 22 bridgehead atoms. The molecule has 0 aliphatic carbocycles. The van der Waals surface area contributed by atoms with Crippen molar-refractivity contribution >= 4 is 32.6 Å². The molecule has 4 heteroatoms. The minimum Gasteiger partial charge on any atom is -0.256 e. The van der Waals surface area contributed by atoms with Crippen molar-refractivity contribution in [3.05, 3.63) is 310 Å². The monoisotopic (exact) mass is 1070 g/mol. The summed E-state index contributed by atoms with van der Waals surface area (Å²) in [6.07, 6.45) is 6.49. The van der Waals surface area contributed by atoms with Gasteiger partial charge in [-0.3, -0.25) is 4.98 Å². The Morgan fingerprint density at radius 2 is 0.536 bits per heavy atom. The van der Waals surface area contributed by atoms with Gasteiger partial charge in [-0.15, -0.1) is 0 Å². The van der Waals surface area contributed by atoms with Gasteiger partial charge in [-0.25, -0.2) is 9.97 Å². The summed E-state index contributed by atoms with van der Waals surface area (Å²) in [7, 11) is 0. The zero-order valence-corrected chi connectivity index (χ0v) is 45.7. The molecule has 0 saturated heterocycles. The Morgan fingerprint density at radius 1 is 0.202 bits per heavy atom. The normalized spacial score (nSPS) is 11.6.